The fraction of sp³-hybridized carbons (Fsp3) is 0.125. The first-order chi connectivity index (χ1) is 14.9. The second-order valence-electron chi connectivity index (χ2n) is 6.97. The molecule has 0 aliphatic rings. The van der Waals surface area contributed by atoms with Gasteiger partial charge in [0.2, 0.25) is 5.91 Å². The molecule has 0 atom stereocenters. The number of thiazole rings is 1. The van der Waals surface area contributed by atoms with Crippen molar-refractivity contribution >= 4 is 55.8 Å². The molecule has 0 saturated carbocycles. The van der Waals surface area contributed by atoms with E-state index in [0.717, 1.165) is 33.2 Å². The van der Waals surface area contributed by atoms with Crippen LogP contribution in [0.25, 0.3) is 10.2 Å². The fourth-order valence-electron chi connectivity index (χ4n) is 3.15. The van der Waals surface area contributed by atoms with Crippen LogP contribution in [-0.2, 0) is 4.79 Å². The molecular weight excluding hydrogens is 431 g/mol. The summed E-state index contributed by atoms with van der Waals surface area (Å²) in [5.74, 6) is -0.880. The monoisotopic (exact) mass is 450 g/mol. The molecule has 7 heteroatoms. The minimum Gasteiger partial charge on any atom is -0.295 e. The Hall–Kier alpha value is -3.03. The average molecular weight is 451 g/mol. The number of ketones is 1. The lowest BCUT2D eigenvalue weighted by Crippen LogP contribution is -2.28. The number of fused-ring (bicyclic) bond motifs is 1. The number of rotatable bonds is 6. The summed E-state index contributed by atoms with van der Waals surface area (Å²) in [5, 5.41) is 0.577. The molecule has 4 aromatic rings. The number of benzene rings is 3. The highest BCUT2D eigenvalue weighted by atomic mass is 32.2. The number of aryl methyl sites for hydroxylation is 1. The normalized spacial score (nSPS) is 10.9. The summed E-state index contributed by atoms with van der Waals surface area (Å²) in [6.45, 7) is 3.33. The van der Waals surface area contributed by atoms with Crippen LogP contribution in [0.15, 0.2) is 71.6 Å². The number of para-hydroxylation sites is 2. The molecule has 0 N–H and O–H groups in total. The second kappa shape index (κ2) is 8.99. The third-order valence-electron chi connectivity index (χ3n) is 4.77. The van der Waals surface area contributed by atoms with Crippen molar-refractivity contribution in [3.8, 4) is 0 Å². The van der Waals surface area contributed by atoms with E-state index in [1.807, 2.05) is 55.5 Å². The largest absolute Gasteiger partial charge is 0.295 e. The van der Waals surface area contributed by atoms with Gasteiger partial charge in [-0.05, 0) is 49.7 Å². The lowest BCUT2D eigenvalue weighted by Gasteiger charge is -2.21. The molecule has 3 aromatic carbocycles. The number of carbonyl (C=O) groups is 2. The predicted molar refractivity (Wildman–Crippen MR) is 125 cm³/mol. The van der Waals surface area contributed by atoms with Crippen molar-refractivity contribution in [2.24, 2.45) is 0 Å². The Morgan fingerprint density at radius 1 is 1.06 bits per heavy atom. The number of amides is 1. The van der Waals surface area contributed by atoms with Gasteiger partial charge in [-0.3, -0.25) is 14.5 Å². The number of aromatic nitrogens is 1. The van der Waals surface area contributed by atoms with Crippen LogP contribution in [0, 0.1) is 12.7 Å². The third kappa shape index (κ3) is 4.52. The molecule has 31 heavy (non-hydrogen) atoms. The number of Topliss-reactive ketones (excluding diaryl/α,β-unsaturated/α-hetero) is 1. The van der Waals surface area contributed by atoms with Gasteiger partial charge >= 0.3 is 0 Å². The zero-order chi connectivity index (χ0) is 22.0. The molecule has 1 aromatic heterocycles. The molecule has 156 valence electrons. The minimum atomic E-state index is -0.507. The number of thioether (sulfide) groups is 1. The van der Waals surface area contributed by atoms with Gasteiger partial charge in [0.15, 0.2) is 10.9 Å². The fourth-order valence-corrected chi connectivity index (χ4v) is 4.92. The first-order valence-corrected chi connectivity index (χ1v) is 11.4. The molecule has 0 fully saturated rings. The van der Waals surface area contributed by atoms with Crippen molar-refractivity contribution in [2.45, 2.75) is 18.7 Å². The van der Waals surface area contributed by atoms with Gasteiger partial charge in [-0.1, -0.05) is 47.7 Å². The molecule has 0 saturated heterocycles. The van der Waals surface area contributed by atoms with E-state index in [1.165, 1.54) is 24.3 Å². The van der Waals surface area contributed by atoms with Crippen LogP contribution in [-0.4, -0.2) is 22.4 Å². The summed E-state index contributed by atoms with van der Waals surface area (Å²) < 4.78 is 15.4. The zero-order valence-electron chi connectivity index (χ0n) is 17.0. The molecule has 0 aliphatic carbocycles. The smallest absolute Gasteiger partial charge is 0.243 e. The summed E-state index contributed by atoms with van der Waals surface area (Å²) in [7, 11) is 0. The van der Waals surface area contributed by atoms with E-state index >= 15 is 0 Å². The SMILES string of the molecule is CC(=O)c1ccc(SCC(=O)N(c2nc3ccccc3s2)c2ccccc2C)c(F)c1. The summed E-state index contributed by atoms with van der Waals surface area (Å²) in [6.07, 6.45) is 0. The van der Waals surface area contributed by atoms with E-state index in [0.29, 0.717) is 15.6 Å². The maximum Gasteiger partial charge on any atom is 0.243 e. The zero-order valence-corrected chi connectivity index (χ0v) is 18.6. The van der Waals surface area contributed by atoms with Gasteiger partial charge in [0.05, 0.1) is 21.7 Å². The first kappa shape index (κ1) is 21.2. The van der Waals surface area contributed by atoms with Crippen molar-refractivity contribution in [3.05, 3.63) is 83.7 Å². The van der Waals surface area contributed by atoms with E-state index in [-0.39, 0.29) is 17.4 Å². The van der Waals surface area contributed by atoms with Crippen LogP contribution in [0.1, 0.15) is 22.8 Å². The van der Waals surface area contributed by atoms with E-state index in [4.69, 9.17) is 0 Å². The van der Waals surface area contributed by atoms with Crippen LogP contribution < -0.4 is 4.90 Å². The van der Waals surface area contributed by atoms with Crippen LogP contribution in [0.2, 0.25) is 0 Å². The Kier molecular flexibility index (Phi) is 6.15. The molecule has 0 bridgehead atoms. The minimum absolute atomic E-state index is 0.0284. The van der Waals surface area contributed by atoms with E-state index in [2.05, 4.69) is 4.98 Å². The Balaban J connectivity index is 1.65. The maximum absolute atomic E-state index is 14.4. The average Bonchev–Trinajstić information content (AvgIpc) is 3.18. The first-order valence-electron chi connectivity index (χ1n) is 9.61. The molecule has 1 heterocycles. The van der Waals surface area contributed by atoms with Crippen molar-refractivity contribution < 1.29 is 14.0 Å². The van der Waals surface area contributed by atoms with Crippen LogP contribution in [0.3, 0.4) is 0 Å². The van der Waals surface area contributed by atoms with Gasteiger partial charge < -0.3 is 0 Å². The highest BCUT2D eigenvalue weighted by molar-refractivity contribution is 8.00. The Labute approximate surface area is 187 Å². The van der Waals surface area contributed by atoms with Gasteiger partial charge in [-0.25, -0.2) is 9.37 Å². The van der Waals surface area contributed by atoms with Gasteiger partial charge in [-0.15, -0.1) is 11.8 Å². The summed E-state index contributed by atoms with van der Waals surface area (Å²) in [4.78, 5) is 31.4. The Morgan fingerprint density at radius 3 is 2.52 bits per heavy atom. The topological polar surface area (TPSA) is 50.3 Å². The van der Waals surface area contributed by atoms with E-state index < -0.39 is 5.82 Å². The quantitative estimate of drug-likeness (QED) is 0.252. The van der Waals surface area contributed by atoms with Crippen molar-refractivity contribution in [1.29, 1.82) is 0 Å². The summed E-state index contributed by atoms with van der Waals surface area (Å²) >= 11 is 2.55. The number of hydrogen-bond acceptors (Lipinski definition) is 5. The number of nitrogens with zero attached hydrogens (tertiary/aromatic N) is 2. The van der Waals surface area contributed by atoms with Gasteiger partial charge in [0.25, 0.3) is 0 Å². The third-order valence-corrected chi connectivity index (χ3v) is 6.82. The van der Waals surface area contributed by atoms with Crippen LogP contribution in [0.4, 0.5) is 15.2 Å². The molecule has 0 radical (unpaired) electrons. The van der Waals surface area contributed by atoms with Gasteiger partial charge in [0, 0.05) is 10.5 Å². The maximum atomic E-state index is 14.4. The number of anilines is 2. The van der Waals surface area contributed by atoms with E-state index in [1.54, 1.807) is 17.0 Å². The Morgan fingerprint density at radius 2 is 1.81 bits per heavy atom. The highest BCUT2D eigenvalue weighted by Crippen LogP contribution is 2.36. The van der Waals surface area contributed by atoms with Crippen molar-refractivity contribution in [2.75, 3.05) is 10.7 Å². The molecular formula is C24H19FN2O2S2. The number of halogens is 1. The number of hydrogen-bond donors (Lipinski definition) is 0. The summed E-state index contributed by atoms with van der Waals surface area (Å²) in [5.41, 5.74) is 2.83. The molecule has 1 amide bonds. The van der Waals surface area contributed by atoms with Crippen molar-refractivity contribution in [1.82, 2.24) is 4.98 Å². The highest BCUT2D eigenvalue weighted by Gasteiger charge is 2.23. The van der Waals surface area contributed by atoms with E-state index in [9.17, 15) is 14.0 Å². The molecule has 4 rings (SSSR count). The van der Waals surface area contributed by atoms with Crippen molar-refractivity contribution in [3.63, 3.8) is 0 Å². The standard InChI is InChI=1S/C24H19FN2O2S2/c1-15-7-3-5-9-20(15)27(24-26-19-8-4-6-10-22(19)31-24)23(29)14-30-21-12-11-17(16(2)28)13-18(21)25/h3-13H,14H2,1-2H3. The van der Waals surface area contributed by atoms with Gasteiger partial charge in [-0.2, -0.15) is 0 Å². The second-order valence-corrected chi connectivity index (χ2v) is 9.00. The molecule has 4 nitrogen and oxygen atoms in total. The summed E-state index contributed by atoms with van der Waals surface area (Å²) in [6, 6.07) is 19.7. The molecule has 0 aliphatic heterocycles. The van der Waals surface area contributed by atoms with Crippen LogP contribution >= 0.6 is 23.1 Å². The number of carbonyl (C=O) groups excluding carboxylic acids is 2. The lowest BCUT2D eigenvalue weighted by molar-refractivity contribution is -0.115. The predicted octanol–water partition coefficient (Wildman–Crippen LogP) is 6.40. The van der Waals surface area contributed by atoms with Gasteiger partial charge in [0.1, 0.15) is 5.82 Å². The Bertz CT molecular complexity index is 1250. The lowest BCUT2D eigenvalue weighted by atomic mass is 10.1. The molecule has 0 unspecified atom stereocenters. The molecule has 0 spiro atoms. The van der Waals surface area contributed by atoms with Crippen LogP contribution in [0.5, 0.6) is 0 Å².